The van der Waals surface area contributed by atoms with Crippen molar-refractivity contribution >= 4 is 11.6 Å². The number of ether oxygens (including phenoxy) is 1. The number of unbranched alkanes of at least 4 members (excludes halogenated alkanes) is 3. The summed E-state index contributed by atoms with van der Waals surface area (Å²) in [5.41, 5.74) is 0.0620. The first-order chi connectivity index (χ1) is 6.12. The average Bonchev–Trinajstić information content (AvgIpc) is 2.11. The fraction of sp³-hybridized carbons (Fsp3) is 1.00. The van der Waals surface area contributed by atoms with Crippen LogP contribution in [0.4, 0.5) is 0 Å². The maximum absolute atomic E-state index is 5.73. The topological polar surface area (TPSA) is 9.23 Å². The molecule has 0 aromatic heterocycles. The summed E-state index contributed by atoms with van der Waals surface area (Å²) in [7, 11) is 0. The molecule has 0 aliphatic rings. The fourth-order valence-electron chi connectivity index (χ4n) is 1.00. The van der Waals surface area contributed by atoms with Crippen molar-refractivity contribution in [1.29, 1.82) is 0 Å². The molecule has 0 heterocycles. The van der Waals surface area contributed by atoms with E-state index < -0.39 is 0 Å². The van der Waals surface area contributed by atoms with E-state index in [4.69, 9.17) is 16.3 Å². The number of halogens is 1. The smallest absolute Gasteiger partial charge is 0.0623 e. The van der Waals surface area contributed by atoms with Gasteiger partial charge in [-0.2, -0.15) is 0 Å². The highest BCUT2D eigenvalue weighted by Crippen LogP contribution is 2.14. The van der Waals surface area contributed by atoms with Crippen molar-refractivity contribution in [3.63, 3.8) is 0 Å². The first-order valence-electron chi connectivity index (χ1n) is 5.32. The van der Waals surface area contributed by atoms with Gasteiger partial charge in [0.25, 0.3) is 0 Å². The van der Waals surface area contributed by atoms with Gasteiger partial charge in [0.15, 0.2) is 0 Å². The van der Waals surface area contributed by atoms with Gasteiger partial charge in [-0.3, -0.25) is 0 Å². The molecule has 0 aromatic carbocycles. The Morgan fingerprint density at radius 2 is 1.69 bits per heavy atom. The Hall–Kier alpha value is 0.250. The van der Waals surface area contributed by atoms with Crippen LogP contribution in [0, 0.1) is 0 Å². The minimum atomic E-state index is 0.0620. The molecule has 0 fully saturated rings. The second kappa shape index (κ2) is 7.64. The quantitative estimate of drug-likeness (QED) is 0.431. The Balaban J connectivity index is 3.16. The zero-order valence-corrected chi connectivity index (χ0v) is 9.99. The van der Waals surface area contributed by atoms with Crippen LogP contribution < -0.4 is 0 Å². The second-order valence-corrected chi connectivity index (χ2v) is 4.44. The van der Waals surface area contributed by atoms with Gasteiger partial charge in [-0.25, -0.2) is 0 Å². The molecule has 80 valence electrons. The summed E-state index contributed by atoms with van der Waals surface area (Å²) in [5.74, 6) is 0.793. The monoisotopic (exact) mass is 206 g/mol. The van der Waals surface area contributed by atoms with E-state index in [-0.39, 0.29) is 5.60 Å². The Labute approximate surface area is 87.8 Å². The lowest BCUT2D eigenvalue weighted by atomic mass is 10.1. The van der Waals surface area contributed by atoms with Gasteiger partial charge in [-0.05, 0) is 33.1 Å². The van der Waals surface area contributed by atoms with E-state index in [0.29, 0.717) is 0 Å². The van der Waals surface area contributed by atoms with Crippen LogP contribution in [0.2, 0.25) is 0 Å². The van der Waals surface area contributed by atoms with Crippen LogP contribution in [0.5, 0.6) is 0 Å². The van der Waals surface area contributed by atoms with Gasteiger partial charge in [-0.15, -0.1) is 11.6 Å². The lowest BCUT2D eigenvalue weighted by molar-refractivity contribution is -0.0216. The van der Waals surface area contributed by atoms with Crippen LogP contribution in [-0.4, -0.2) is 18.1 Å². The summed E-state index contributed by atoms with van der Waals surface area (Å²) < 4.78 is 5.73. The Bertz CT molecular complexity index is 113. The molecule has 0 spiro atoms. The maximum atomic E-state index is 5.73. The van der Waals surface area contributed by atoms with Crippen molar-refractivity contribution in [2.45, 2.75) is 58.5 Å². The summed E-state index contributed by atoms with van der Waals surface area (Å²) in [6.45, 7) is 7.34. The molecule has 0 rings (SSSR count). The first kappa shape index (κ1) is 13.2. The number of rotatable bonds is 8. The summed E-state index contributed by atoms with van der Waals surface area (Å²) in [4.78, 5) is 0. The first-order valence-corrected chi connectivity index (χ1v) is 5.86. The van der Waals surface area contributed by atoms with Crippen molar-refractivity contribution in [3.05, 3.63) is 0 Å². The van der Waals surface area contributed by atoms with Crippen molar-refractivity contribution in [3.8, 4) is 0 Å². The minimum Gasteiger partial charge on any atom is -0.376 e. The summed E-state index contributed by atoms with van der Waals surface area (Å²) in [6.07, 6.45) is 5.86. The molecule has 0 atom stereocenters. The van der Waals surface area contributed by atoms with E-state index in [1.807, 2.05) is 0 Å². The molecule has 13 heavy (non-hydrogen) atoms. The SMILES string of the molecule is CCC(C)(C)OCCCCCCCl. The second-order valence-electron chi connectivity index (χ2n) is 4.06. The molecule has 1 nitrogen and oxygen atoms in total. The van der Waals surface area contributed by atoms with Gasteiger partial charge >= 0.3 is 0 Å². The highest BCUT2D eigenvalue weighted by atomic mass is 35.5. The van der Waals surface area contributed by atoms with E-state index >= 15 is 0 Å². The molecule has 0 unspecified atom stereocenters. The molecule has 0 radical (unpaired) electrons. The maximum Gasteiger partial charge on any atom is 0.0623 e. The lowest BCUT2D eigenvalue weighted by Gasteiger charge is -2.23. The summed E-state index contributed by atoms with van der Waals surface area (Å²) >= 11 is 5.58. The van der Waals surface area contributed by atoms with Crippen LogP contribution >= 0.6 is 11.6 Å². The molecule has 0 aliphatic heterocycles. The van der Waals surface area contributed by atoms with Crippen molar-refractivity contribution < 1.29 is 4.74 Å². The van der Waals surface area contributed by atoms with Crippen LogP contribution in [0.3, 0.4) is 0 Å². The van der Waals surface area contributed by atoms with Gasteiger partial charge in [0.1, 0.15) is 0 Å². The van der Waals surface area contributed by atoms with Crippen LogP contribution in [-0.2, 0) is 4.74 Å². The molecule has 0 N–H and O–H groups in total. The normalized spacial score (nSPS) is 12.0. The number of hydrogen-bond acceptors (Lipinski definition) is 1. The standard InChI is InChI=1S/C11H23ClO/c1-4-11(2,3)13-10-8-6-5-7-9-12/h4-10H2,1-3H3. The van der Waals surface area contributed by atoms with Gasteiger partial charge in [0.2, 0.25) is 0 Å². The van der Waals surface area contributed by atoms with Crippen LogP contribution in [0.25, 0.3) is 0 Å². The molecule has 0 amide bonds. The third kappa shape index (κ3) is 8.58. The van der Waals surface area contributed by atoms with E-state index in [9.17, 15) is 0 Å². The third-order valence-electron chi connectivity index (χ3n) is 2.37. The van der Waals surface area contributed by atoms with E-state index in [0.717, 1.165) is 25.3 Å². The van der Waals surface area contributed by atoms with Crippen molar-refractivity contribution in [1.82, 2.24) is 0 Å². The van der Waals surface area contributed by atoms with E-state index in [1.54, 1.807) is 0 Å². The van der Waals surface area contributed by atoms with E-state index in [2.05, 4.69) is 20.8 Å². The molecule has 0 aromatic rings. The molecular weight excluding hydrogens is 184 g/mol. The molecular formula is C11H23ClO. The largest absolute Gasteiger partial charge is 0.376 e. The Kier molecular flexibility index (Phi) is 7.78. The van der Waals surface area contributed by atoms with Crippen LogP contribution in [0.1, 0.15) is 52.9 Å². The van der Waals surface area contributed by atoms with Gasteiger partial charge < -0.3 is 4.74 Å². The minimum absolute atomic E-state index is 0.0620. The van der Waals surface area contributed by atoms with Crippen LogP contribution in [0.15, 0.2) is 0 Å². The summed E-state index contributed by atoms with van der Waals surface area (Å²) in [5, 5.41) is 0. The Morgan fingerprint density at radius 3 is 2.23 bits per heavy atom. The summed E-state index contributed by atoms with van der Waals surface area (Å²) in [6, 6.07) is 0. The number of alkyl halides is 1. The van der Waals surface area contributed by atoms with Gasteiger partial charge in [0, 0.05) is 12.5 Å². The molecule has 0 aliphatic carbocycles. The van der Waals surface area contributed by atoms with Crippen molar-refractivity contribution in [2.75, 3.05) is 12.5 Å². The predicted octanol–water partition coefficient (Wildman–Crippen LogP) is 3.99. The zero-order valence-electron chi connectivity index (χ0n) is 9.24. The molecule has 0 saturated carbocycles. The average molecular weight is 207 g/mol. The Morgan fingerprint density at radius 1 is 1.08 bits per heavy atom. The highest BCUT2D eigenvalue weighted by Gasteiger charge is 2.13. The van der Waals surface area contributed by atoms with E-state index in [1.165, 1.54) is 19.3 Å². The third-order valence-corrected chi connectivity index (χ3v) is 2.64. The fourth-order valence-corrected chi connectivity index (χ4v) is 1.19. The molecule has 2 heteroatoms. The zero-order chi connectivity index (χ0) is 10.2. The number of hydrogen-bond donors (Lipinski definition) is 0. The van der Waals surface area contributed by atoms with Crippen molar-refractivity contribution in [2.24, 2.45) is 0 Å². The van der Waals surface area contributed by atoms with Gasteiger partial charge in [0.05, 0.1) is 5.60 Å². The lowest BCUT2D eigenvalue weighted by Crippen LogP contribution is -2.23. The molecule has 0 bridgehead atoms. The van der Waals surface area contributed by atoms with Gasteiger partial charge in [-0.1, -0.05) is 19.8 Å². The highest BCUT2D eigenvalue weighted by molar-refractivity contribution is 6.17. The molecule has 0 saturated heterocycles. The predicted molar refractivity (Wildman–Crippen MR) is 59.5 cm³/mol.